The normalized spacial score (nSPS) is 12.3. The summed E-state index contributed by atoms with van der Waals surface area (Å²) < 4.78 is 10.5. The summed E-state index contributed by atoms with van der Waals surface area (Å²) >= 11 is 0. The molecule has 0 spiro atoms. The molecule has 2 rings (SSSR count). The lowest BCUT2D eigenvalue weighted by atomic mass is 10.2. The second-order valence-corrected chi connectivity index (χ2v) is 4.32. The van der Waals surface area contributed by atoms with Crippen LogP contribution in [0.15, 0.2) is 53.2 Å². The van der Waals surface area contributed by atoms with Gasteiger partial charge in [-0.1, -0.05) is 18.2 Å². The van der Waals surface area contributed by atoms with Crippen molar-refractivity contribution >= 4 is 12.0 Å². The van der Waals surface area contributed by atoms with Crippen LogP contribution in [-0.4, -0.2) is 13.0 Å². The molecule has 0 radical (unpaired) electrons. The molecule has 1 aromatic heterocycles. The van der Waals surface area contributed by atoms with Crippen molar-refractivity contribution < 1.29 is 13.9 Å². The molecule has 0 saturated heterocycles. The molecule has 2 aromatic rings. The van der Waals surface area contributed by atoms with Gasteiger partial charge in [-0.3, -0.25) is 4.79 Å². The van der Waals surface area contributed by atoms with E-state index in [0.717, 1.165) is 17.1 Å². The number of furan rings is 1. The van der Waals surface area contributed by atoms with E-state index in [1.54, 1.807) is 25.5 Å². The monoisotopic (exact) mass is 271 g/mol. The van der Waals surface area contributed by atoms with Crippen LogP contribution < -0.4 is 10.1 Å². The van der Waals surface area contributed by atoms with Crippen LogP contribution >= 0.6 is 0 Å². The van der Waals surface area contributed by atoms with Crippen LogP contribution in [0.1, 0.15) is 24.3 Å². The lowest BCUT2D eigenvalue weighted by molar-refractivity contribution is -0.117. The van der Waals surface area contributed by atoms with Crippen molar-refractivity contribution in [3.05, 3.63) is 60.1 Å². The van der Waals surface area contributed by atoms with Crippen LogP contribution in [0.3, 0.4) is 0 Å². The molecule has 0 aliphatic rings. The Bertz CT molecular complexity index is 588. The number of methoxy groups -OCH3 is 1. The first kappa shape index (κ1) is 13.9. The fourth-order valence-corrected chi connectivity index (χ4v) is 1.84. The van der Waals surface area contributed by atoms with Gasteiger partial charge in [0.05, 0.1) is 19.4 Å². The number of amides is 1. The summed E-state index contributed by atoms with van der Waals surface area (Å²) in [4.78, 5) is 11.8. The minimum Gasteiger partial charge on any atom is -0.496 e. The van der Waals surface area contributed by atoms with Crippen molar-refractivity contribution in [3.63, 3.8) is 0 Å². The predicted molar refractivity (Wildman–Crippen MR) is 77.3 cm³/mol. The highest BCUT2D eigenvalue weighted by Gasteiger charge is 2.09. The number of benzene rings is 1. The van der Waals surface area contributed by atoms with Crippen molar-refractivity contribution in [2.24, 2.45) is 0 Å². The molecule has 0 aliphatic heterocycles. The molecule has 104 valence electrons. The van der Waals surface area contributed by atoms with Gasteiger partial charge in [0, 0.05) is 11.6 Å². The number of rotatable bonds is 5. The Balaban J connectivity index is 1.99. The molecule has 4 nitrogen and oxygen atoms in total. The molecule has 1 aromatic carbocycles. The van der Waals surface area contributed by atoms with Crippen molar-refractivity contribution in [1.29, 1.82) is 0 Å². The average Bonchev–Trinajstić information content (AvgIpc) is 2.99. The fourth-order valence-electron chi connectivity index (χ4n) is 1.84. The molecule has 1 amide bonds. The molecule has 0 aliphatic carbocycles. The van der Waals surface area contributed by atoms with E-state index in [9.17, 15) is 4.79 Å². The van der Waals surface area contributed by atoms with E-state index in [0.29, 0.717) is 0 Å². The molecule has 1 heterocycles. The van der Waals surface area contributed by atoms with Crippen LogP contribution in [0, 0.1) is 0 Å². The SMILES string of the molecule is COc1ccccc1/C=C/C(=O)N[C@@H](C)c1ccco1. The Hall–Kier alpha value is -2.49. The first-order chi connectivity index (χ1) is 9.70. The van der Waals surface area contributed by atoms with Gasteiger partial charge in [-0.15, -0.1) is 0 Å². The maximum absolute atomic E-state index is 11.8. The molecule has 1 N–H and O–H groups in total. The van der Waals surface area contributed by atoms with E-state index in [1.807, 2.05) is 37.3 Å². The number of carbonyl (C=O) groups is 1. The lowest BCUT2D eigenvalue weighted by Gasteiger charge is -2.09. The largest absolute Gasteiger partial charge is 0.496 e. The third kappa shape index (κ3) is 3.51. The highest BCUT2D eigenvalue weighted by Crippen LogP contribution is 2.18. The first-order valence-electron chi connectivity index (χ1n) is 6.35. The first-order valence-corrected chi connectivity index (χ1v) is 6.35. The number of hydrogen-bond donors (Lipinski definition) is 1. The van der Waals surface area contributed by atoms with E-state index in [2.05, 4.69) is 5.32 Å². The highest BCUT2D eigenvalue weighted by atomic mass is 16.5. The zero-order chi connectivity index (χ0) is 14.4. The Labute approximate surface area is 118 Å². The Morgan fingerprint density at radius 3 is 2.80 bits per heavy atom. The van der Waals surface area contributed by atoms with Gasteiger partial charge in [-0.05, 0) is 31.2 Å². The minimum atomic E-state index is -0.181. The van der Waals surface area contributed by atoms with E-state index < -0.39 is 0 Å². The molecule has 0 fully saturated rings. The van der Waals surface area contributed by atoms with Crippen molar-refractivity contribution in [1.82, 2.24) is 5.32 Å². The van der Waals surface area contributed by atoms with E-state index in [-0.39, 0.29) is 11.9 Å². The molecule has 1 atom stereocenters. The Kier molecular flexibility index (Phi) is 4.60. The summed E-state index contributed by atoms with van der Waals surface area (Å²) in [7, 11) is 1.60. The minimum absolute atomic E-state index is 0.167. The second-order valence-electron chi connectivity index (χ2n) is 4.32. The van der Waals surface area contributed by atoms with Gasteiger partial charge in [0.25, 0.3) is 0 Å². The maximum atomic E-state index is 11.8. The highest BCUT2D eigenvalue weighted by molar-refractivity contribution is 5.92. The van der Waals surface area contributed by atoms with E-state index in [4.69, 9.17) is 9.15 Å². The van der Waals surface area contributed by atoms with E-state index >= 15 is 0 Å². The molecular weight excluding hydrogens is 254 g/mol. The van der Waals surface area contributed by atoms with Crippen LogP contribution in [0.5, 0.6) is 5.75 Å². The van der Waals surface area contributed by atoms with Gasteiger partial charge in [-0.2, -0.15) is 0 Å². The van der Waals surface area contributed by atoms with Gasteiger partial charge in [-0.25, -0.2) is 0 Å². The Morgan fingerprint density at radius 1 is 1.30 bits per heavy atom. The molecular formula is C16H17NO3. The number of nitrogens with one attached hydrogen (secondary N) is 1. The van der Waals surface area contributed by atoms with Gasteiger partial charge >= 0.3 is 0 Å². The van der Waals surface area contributed by atoms with Crippen LogP contribution in [-0.2, 0) is 4.79 Å². The van der Waals surface area contributed by atoms with Crippen LogP contribution in [0.25, 0.3) is 6.08 Å². The maximum Gasteiger partial charge on any atom is 0.244 e. The summed E-state index contributed by atoms with van der Waals surface area (Å²) in [6.07, 6.45) is 4.79. The number of ether oxygens (including phenoxy) is 1. The third-order valence-electron chi connectivity index (χ3n) is 2.88. The van der Waals surface area contributed by atoms with Crippen molar-refractivity contribution in [2.45, 2.75) is 13.0 Å². The van der Waals surface area contributed by atoms with Crippen LogP contribution in [0.2, 0.25) is 0 Å². The summed E-state index contributed by atoms with van der Waals surface area (Å²) in [5, 5.41) is 2.83. The van der Waals surface area contributed by atoms with E-state index in [1.165, 1.54) is 6.08 Å². The lowest BCUT2D eigenvalue weighted by Crippen LogP contribution is -2.24. The molecule has 4 heteroatoms. The summed E-state index contributed by atoms with van der Waals surface area (Å²) in [6, 6.07) is 11.0. The summed E-state index contributed by atoms with van der Waals surface area (Å²) in [5.41, 5.74) is 0.857. The number of para-hydroxylation sites is 1. The summed E-state index contributed by atoms with van der Waals surface area (Å²) in [5.74, 6) is 1.28. The Morgan fingerprint density at radius 2 is 2.10 bits per heavy atom. The number of hydrogen-bond acceptors (Lipinski definition) is 3. The van der Waals surface area contributed by atoms with Crippen molar-refractivity contribution in [2.75, 3.05) is 7.11 Å². The van der Waals surface area contributed by atoms with Crippen molar-refractivity contribution in [3.8, 4) is 5.75 Å². The summed E-state index contributed by atoms with van der Waals surface area (Å²) in [6.45, 7) is 1.87. The van der Waals surface area contributed by atoms with Crippen LogP contribution in [0.4, 0.5) is 0 Å². The second kappa shape index (κ2) is 6.61. The predicted octanol–water partition coefficient (Wildman–Crippen LogP) is 3.18. The van der Waals surface area contributed by atoms with Gasteiger partial charge in [0.1, 0.15) is 11.5 Å². The fraction of sp³-hybridized carbons (Fsp3) is 0.188. The molecule has 0 saturated carbocycles. The smallest absolute Gasteiger partial charge is 0.244 e. The zero-order valence-corrected chi connectivity index (χ0v) is 11.5. The quantitative estimate of drug-likeness (QED) is 0.850. The molecule has 20 heavy (non-hydrogen) atoms. The van der Waals surface area contributed by atoms with Gasteiger partial charge in [0.2, 0.25) is 5.91 Å². The zero-order valence-electron chi connectivity index (χ0n) is 11.5. The van der Waals surface area contributed by atoms with Gasteiger partial charge < -0.3 is 14.5 Å². The average molecular weight is 271 g/mol. The third-order valence-corrected chi connectivity index (χ3v) is 2.88. The topological polar surface area (TPSA) is 51.5 Å². The molecule has 0 unspecified atom stereocenters. The molecule has 0 bridgehead atoms. The standard InChI is InChI=1S/C16H17NO3/c1-12(14-8-5-11-20-14)17-16(18)10-9-13-6-3-4-7-15(13)19-2/h3-12H,1-2H3,(H,17,18)/b10-9+/t12-/m0/s1. The van der Waals surface area contributed by atoms with Gasteiger partial charge in [0.15, 0.2) is 0 Å². The number of carbonyl (C=O) groups excluding carboxylic acids is 1.